The van der Waals surface area contributed by atoms with Crippen molar-refractivity contribution >= 4 is 5.69 Å². The molecule has 1 saturated carbocycles. The number of rotatable bonds is 5. The van der Waals surface area contributed by atoms with Gasteiger partial charge < -0.3 is 4.90 Å². The van der Waals surface area contributed by atoms with Crippen molar-refractivity contribution in [1.29, 1.82) is 0 Å². The lowest BCUT2D eigenvalue weighted by Crippen LogP contribution is -2.46. The molecule has 0 aromatic heterocycles. The lowest BCUT2D eigenvalue weighted by Gasteiger charge is -2.34. The standard InChI is InChI=1S/C15H20FN3O2/c16-14-9-13(3-4-15(14)19(20)21)11-18-7-5-17(6-8-18)10-12-1-2-12/h3-4,9,12H,1-2,5-8,10-11H2. The van der Waals surface area contributed by atoms with Crippen molar-refractivity contribution in [3.05, 3.63) is 39.7 Å². The van der Waals surface area contributed by atoms with E-state index in [1.165, 1.54) is 31.5 Å². The fourth-order valence-electron chi connectivity index (χ4n) is 2.85. The highest BCUT2D eigenvalue weighted by atomic mass is 19.1. The van der Waals surface area contributed by atoms with Gasteiger partial charge in [0.1, 0.15) is 0 Å². The molecule has 0 radical (unpaired) electrons. The molecule has 1 saturated heterocycles. The molecule has 1 heterocycles. The van der Waals surface area contributed by atoms with Crippen molar-refractivity contribution in [3.8, 4) is 0 Å². The number of halogens is 1. The van der Waals surface area contributed by atoms with Crippen LogP contribution in [0.4, 0.5) is 10.1 Å². The van der Waals surface area contributed by atoms with Gasteiger partial charge in [0.15, 0.2) is 0 Å². The quantitative estimate of drug-likeness (QED) is 0.617. The predicted molar refractivity (Wildman–Crippen MR) is 77.5 cm³/mol. The zero-order chi connectivity index (χ0) is 14.8. The van der Waals surface area contributed by atoms with E-state index in [0.717, 1.165) is 37.7 Å². The smallest absolute Gasteiger partial charge is 0.301 e. The van der Waals surface area contributed by atoms with Crippen LogP contribution < -0.4 is 0 Å². The number of nitrogens with zero attached hydrogens (tertiary/aromatic N) is 3. The van der Waals surface area contributed by atoms with Gasteiger partial charge in [-0.2, -0.15) is 4.39 Å². The van der Waals surface area contributed by atoms with Crippen LogP contribution in [0, 0.1) is 21.8 Å². The number of nitro benzene ring substituents is 1. The van der Waals surface area contributed by atoms with Crippen LogP contribution in [0.25, 0.3) is 0 Å². The average Bonchev–Trinajstić information content (AvgIpc) is 3.25. The molecule has 5 nitrogen and oxygen atoms in total. The molecule has 0 unspecified atom stereocenters. The first-order valence-electron chi connectivity index (χ1n) is 7.49. The molecule has 1 aromatic carbocycles. The summed E-state index contributed by atoms with van der Waals surface area (Å²) in [6.07, 6.45) is 2.75. The van der Waals surface area contributed by atoms with Crippen LogP contribution in [0.15, 0.2) is 18.2 Å². The normalized spacial score (nSPS) is 20.6. The number of nitro groups is 1. The van der Waals surface area contributed by atoms with E-state index in [-0.39, 0.29) is 0 Å². The molecule has 3 rings (SSSR count). The lowest BCUT2D eigenvalue weighted by molar-refractivity contribution is -0.387. The molecule has 1 aliphatic heterocycles. The molecule has 1 aliphatic carbocycles. The molecular weight excluding hydrogens is 273 g/mol. The van der Waals surface area contributed by atoms with Gasteiger partial charge in [0, 0.05) is 45.3 Å². The fraction of sp³-hybridized carbons (Fsp3) is 0.600. The van der Waals surface area contributed by atoms with Gasteiger partial charge in [0.2, 0.25) is 5.82 Å². The lowest BCUT2D eigenvalue weighted by atomic mass is 10.1. The molecule has 1 aromatic rings. The van der Waals surface area contributed by atoms with Crippen molar-refractivity contribution in [2.45, 2.75) is 19.4 Å². The predicted octanol–water partition coefficient (Wildman–Crippen LogP) is 2.26. The van der Waals surface area contributed by atoms with E-state index in [1.54, 1.807) is 6.07 Å². The van der Waals surface area contributed by atoms with Crippen LogP contribution in [-0.4, -0.2) is 47.4 Å². The second kappa shape index (κ2) is 6.07. The Hall–Kier alpha value is -1.53. The van der Waals surface area contributed by atoms with E-state index in [2.05, 4.69) is 9.80 Å². The maximum Gasteiger partial charge on any atom is 0.304 e. The summed E-state index contributed by atoms with van der Waals surface area (Å²) in [6, 6.07) is 4.19. The van der Waals surface area contributed by atoms with E-state index in [1.807, 2.05) is 0 Å². The van der Waals surface area contributed by atoms with E-state index >= 15 is 0 Å². The molecule has 0 amide bonds. The Bertz CT molecular complexity index is 526. The highest BCUT2D eigenvalue weighted by Gasteiger charge is 2.26. The summed E-state index contributed by atoms with van der Waals surface area (Å²) >= 11 is 0. The first-order valence-corrected chi connectivity index (χ1v) is 7.49. The van der Waals surface area contributed by atoms with E-state index in [9.17, 15) is 14.5 Å². The third-order valence-corrected chi connectivity index (χ3v) is 4.29. The Morgan fingerprint density at radius 1 is 1.19 bits per heavy atom. The fourth-order valence-corrected chi connectivity index (χ4v) is 2.85. The van der Waals surface area contributed by atoms with Gasteiger partial charge >= 0.3 is 5.69 Å². The van der Waals surface area contributed by atoms with Crippen LogP contribution >= 0.6 is 0 Å². The maximum absolute atomic E-state index is 13.6. The molecule has 0 N–H and O–H groups in total. The van der Waals surface area contributed by atoms with E-state index in [4.69, 9.17) is 0 Å². The highest BCUT2D eigenvalue weighted by molar-refractivity contribution is 5.34. The van der Waals surface area contributed by atoms with Crippen LogP contribution in [-0.2, 0) is 6.54 Å². The van der Waals surface area contributed by atoms with Gasteiger partial charge in [-0.25, -0.2) is 0 Å². The van der Waals surface area contributed by atoms with Crippen molar-refractivity contribution < 1.29 is 9.31 Å². The molecular formula is C15H20FN3O2. The third kappa shape index (κ3) is 3.77. The molecule has 0 spiro atoms. The van der Waals surface area contributed by atoms with Crippen LogP contribution in [0.3, 0.4) is 0 Å². The van der Waals surface area contributed by atoms with Gasteiger partial charge in [-0.1, -0.05) is 6.07 Å². The topological polar surface area (TPSA) is 49.6 Å². The van der Waals surface area contributed by atoms with E-state index < -0.39 is 16.4 Å². The molecule has 2 fully saturated rings. The van der Waals surface area contributed by atoms with Crippen molar-refractivity contribution in [3.63, 3.8) is 0 Å². The minimum absolute atomic E-state index is 0.451. The first-order chi connectivity index (χ1) is 10.1. The summed E-state index contributed by atoms with van der Waals surface area (Å²) in [5.41, 5.74) is 0.349. The number of piperazine rings is 1. The third-order valence-electron chi connectivity index (χ3n) is 4.29. The van der Waals surface area contributed by atoms with Gasteiger partial charge in [-0.05, 0) is 30.4 Å². The largest absolute Gasteiger partial charge is 0.304 e. The molecule has 6 heteroatoms. The van der Waals surface area contributed by atoms with Gasteiger partial charge in [0.25, 0.3) is 0 Å². The minimum atomic E-state index is -0.745. The SMILES string of the molecule is O=[N+]([O-])c1ccc(CN2CCN(CC3CC3)CC2)cc1F. The summed E-state index contributed by atoms with van der Waals surface area (Å²) in [7, 11) is 0. The molecule has 21 heavy (non-hydrogen) atoms. The second-order valence-electron chi connectivity index (χ2n) is 6.06. The van der Waals surface area contributed by atoms with Crippen molar-refractivity contribution in [1.82, 2.24) is 9.80 Å². The number of hydrogen-bond donors (Lipinski definition) is 0. The summed E-state index contributed by atoms with van der Waals surface area (Å²) in [4.78, 5) is 14.7. The monoisotopic (exact) mass is 293 g/mol. The van der Waals surface area contributed by atoms with E-state index in [0.29, 0.717) is 6.54 Å². The Labute approximate surface area is 123 Å². The first kappa shape index (κ1) is 14.4. The van der Waals surface area contributed by atoms with Gasteiger partial charge in [-0.15, -0.1) is 0 Å². The Morgan fingerprint density at radius 2 is 1.86 bits per heavy atom. The van der Waals surface area contributed by atoms with Crippen molar-refractivity contribution in [2.24, 2.45) is 5.92 Å². The minimum Gasteiger partial charge on any atom is -0.301 e. The number of hydrogen-bond acceptors (Lipinski definition) is 4. The zero-order valence-corrected chi connectivity index (χ0v) is 12.0. The van der Waals surface area contributed by atoms with Gasteiger partial charge in [-0.3, -0.25) is 15.0 Å². The number of benzene rings is 1. The Morgan fingerprint density at radius 3 is 2.43 bits per heavy atom. The van der Waals surface area contributed by atoms with Crippen LogP contribution in [0.2, 0.25) is 0 Å². The summed E-state index contributed by atoms with van der Waals surface area (Å²) < 4.78 is 13.6. The molecule has 114 valence electrons. The maximum atomic E-state index is 13.6. The second-order valence-corrected chi connectivity index (χ2v) is 6.06. The zero-order valence-electron chi connectivity index (χ0n) is 12.0. The Balaban J connectivity index is 1.52. The Kier molecular flexibility index (Phi) is 4.17. The van der Waals surface area contributed by atoms with Gasteiger partial charge in [0.05, 0.1) is 4.92 Å². The summed E-state index contributed by atoms with van der Waals surface area (Å²) in [5, 5.41) is 10.6. The molecule has 0 atom stereocenters. The molecule has 2 aliphatic rings. The summed E-state index contributed by atoms with van der Waals surface area (Å²) in [5.74, 6) is 0.171. The van der Waals surface area contributed by atoms with Crippen molar-refractivity contribution in [2.75, 3.05) is 32.7 Å². The highest BCUT2D eigenvalue weighted by Crippen LogP contribution is 2.30. The molecule has 0 bridgehead atoms. The summed E-state index contributed by atoms with van der Waals surface area (Å²) in [6.45, 7) is 5.96. The average molecular weight is 293 g/mol. The van der Waals surface area contributed by atoms with Crippen LogP contribution in [0.5, 0.6) is 0 Å². The van der Waals surface area contributed by atoms with Crippen LogP contribution in [0.1, 0.15) is 18.4 Å².